The Morgan fingerprint density at radius 1 is 0.923 bits per heavy atom. The lowest BCUT2D eigenvalue weighted by Gasteiger charge is -2.36. The minimum Gasteiger partial charge on any atom is -0.378 e. The van der Waals surface area contributed by atoms with Crippen molar-refractivity contribution in [2.24, 2.45) is 5.73 Å². The van der Waals surface area contributed by atoms with Crippen LogP contribution < -0.4 is 5.73 Å². The van der Waals surface area contributed by atoms with Crippen LogP contribution in [0.1, 0.15) is 12.8 Å². The first-order chi connectivity index (χ1) is 11.7. The molecule has 0 bridgehead atoms. The van der Waals surface area contributed by atoms with Crippen LogP contribution in [0.3, 0.4) is 0 Å². The van der Waals surface area contributed by atoms with Crippen LogP contribution in [0.5, 0.6) is 0 Å². The molecule has 3 aliphatic heterocycles. The molecule has 8 nitrogen and oxygen atoms in total. The van der Waals surface area contributed by atoms with Gasteiger partial charge < -0.3 is 25.0 Å². The molecule has 3 aliphatic rings. The van der Waals surface area contributed by atoms with Gasteiger partial charge >= 0.3 is 0 Å². The highest BCUT2D eigenvalue weighted by Crippen LogP contribution is 2.21. The highest BCUT2D eigenvalue weighted by atomic mass is 35.5. The molecule has 3 rings (SSSR count). The first-order valence-corrected chi connectivity index (χ1v) is 8.89. The van der Waals surface area contributed by atoms with Gasteiger partial charge in [-0.1, -0.05) is 0 Å². The molecule has 0 radical (unpaired) electrons. The van der Waals surface area contributed by atoms with Crippen molar-refractivity contribution in [1.82, 2.24) is 14.7 Å². The molecule has 0 aromatic heterocycles. The summed E-state index contributed by atoms with van der Waals surface area (Å²) in [4.78, 5) is 30.6. The summed E-state index contributed by atoms with van der Waals surface area (Å²) in [7, 11) is 0. The van der Waals surface area contributed by atoms with Gasteiger partial charge in [0.2, 0.25) is 5.91 Å². The first-order valence-electron chi connectivity index (χ1n) is 8.89. The van der Waals surface area contributed by atoms with Gasteiger partial charge in [0.15, 0.2) is 0 Å². The second-order valence-corrected chi connectivity index (χ2v) is 6.65. The van der Waals surface area contributed by atoms with E-state index in [0.717, 1.165) is 25.9 Å². The summed E-state index contributed by atoms with van der Waals surface area (Å²) in [5, 5.41) is 0. The molecular weight excluding hydrogens is 383 g/mol. The van der Waals surface area contributed by atoms with Gasteiger partial charge in [0.1, 0.15) is 6.10 Å². The highest BCUT2D eigenvalue weighted by molar-refractivity contribution is 5.85. The van der Waals surface area contributed by atoms with Gasteiger partial charge in [-0.15, -0.1) is 24.8 Å². The molecule has 0 aliphatic carbocycles. The Morgan fingerprint density at radius 3 is 2.15 bits per heavy atom. The summed E-state index contributed by atoms with van der Waals surface area (Å²) in [6, 6.07) is 0. The molecule has 3 heterocycles. The fraction of sp³-hybridized carbons (Fsp3) is 0.875. The Morgan fingerprint density at radius 2 is 1.58 bits per heavy atom. The Balaban J connectivity index is 0.00000169. The lowest BCUT2D eigenvalue weighted by Crippen LogP contribution is -2.54. The Kier molecular flexibility index (Phi) is 10.1. The lowest BCUT2D eigenvalue weighted by atomic mass is 10.1. The first kappa shape index (κ1) is 23.4. The minimum absolute atomic E-state index is 0. The van der Waals surface area contributed by atoms with E-state index in [1.165, 1.54) is 0 Å². The summed E-state index contributed by atoms with van der Waals surface area (Å²) in [5.74, 6) is 0.230. The molecule has 0 aromatic carbocycles. The normalized spacial score (nSPS) is 26.8. The lowest BCUT2D eigenvalue weighted by molar-refractivity contribution is -0.145. The van der Waals surface area contributed by atoms with Crippen LogP contribution in [0, 0.1) is 0 Å². The van der Waals surface area contributed by atoms with Gasteiger partial charge in [0, 0.05) is 45.8 Å². The Bertz CT molecular complexity index is 458. The number of hydrogen-bond acceptors (Lipinski definition) is 6. The van der Waals surface area contributed by atoms with E-state index in [9.17, 15) is 9.59 Å². The zero-order chi connectivity index (χ0) is 16.9. The van der Waals surface area contributed by atoms with Crippen molar-refractivity contribution in [3.63, 3.8) is 0 Å². The molecule has 2 amide bonds. The number of ether oxygens (including phenoxy) is 2. The number of halogens is 2. The van der Waals surface area contributed by atoms with Gasteiger partial charge in [-0.3, -0.25) is 14.5 Å². The number of piperazine rings is 1. The number of morpholine rings is 1. The zero-order valence-electron chi connectivity index (χ0n) is 15.0. The van der Waals surface area contributed by atoms with Gasteiger partial charge in [-0.2, -0.15) is 0 Å². The standard InChI is InChI=1S/C16H28N4O4.2ClH/c17-11-13-1-2-14(24-13)16(22)20-5-3-18(4-6-20)12-15(21)19-7-9-23-10-8-19;;/h13-14H,1-12,17H2;2*1H/t13-,14+;;/m1../s1. The van der Waals surface area contributed by atoms with E-state index in [2.05, 4.69) is 4.90 Å². The maximum absolute atomic E-state index is 12.5. The van der Waals surface area contributed by atoms with Gasteiger partial charge in [0.05, 0.1) is 25.9 Å². The maximum Gasteiger partial charge on any atom is 0.251 e. The van der Waals surface area contributed by atoms with E-state index in [1.807, 2.05) is 9.80 Å². The number of nitrogens with two attached hydrogens (primary N) is 1. The quantitative estimate of drug-likeness (QED) is 0.659. The number of carbonyl (C=O) groups excluding carboxylic acids is 2. The van der Waals surface area contributed by atoms with Gasteiger partial charge in [-0.25, -0.2) is 0 Å². The van der Waals surface area contributed by atoms with Crippen LogP contribution in [0.15, 0.2) is 0 Å². The summed E-state index contributed by atoms with van der Waals surface area (Å²) >= 11 is 0. The second kappa shape index (κ2) is 11.3. The van der Waals surface area contributed by atoms with Crippen molar-refractivity contribution in [2.45, 2.75) is 25.0 Å². The number of nitrogens with zero attached hydrogens (tertiary/aromatic N) is 3. The average Bonchev–Trinajstić information content (AvgIpc) is 3.11. The van der Waals surface area contributed by atoms with Crippen molar-refractivity contribution in [2.75, 3.05) is 65.6 Å². The van der Waals surface area contributed by atoms with E-state index < -0.39 is 0 Å². The zero-order valence-corrected chi connectivity index (χ0v) is 16.6. The molecule has 0 aromatic rings. The SMILES string of the molecule is Cl.Cl.NC[C@H]1CC[C@@H](C(=O)N2CCN(CC(=O)N3CCOCC3)CC2)O1. The van der Waals surface area contributed by atoms with Crippen LogP contribution in [0.2, 0.25) is 0 Å². The molecule has 0 unspecified atom stereocenters. The molecule has 10 heteroatoms. The average molecular weight is 413 g/mol. The van der Waals surface area contributed by atoms with E-state index >= 15 is 0 Å². The van der Waals surface area contributed by atoms with Gasteiger partial charge in [0.25, 0.3) is 5.91 Å². The predicted octanol–water partition coefficient (Wildman–Crippen LogP) is -0.661. The molecule has 2 atom stereocenters. The van der Waals surface area contributed by atoms with E-state index in [1.54, 1.807) is 0 Å². The number of rotatable bonds is 4. The molecule has 3 fully saturated rings. The Hall–Kier alpha value is -0.640. The predicted molar refractivity (Wildman–Crippen MR) is 102 cm³/mol. The van der Waals surface area contributed by atoms with Gasteiger partial charge in [-0.05, 0) is 12.8 Å². The minimum atomic E-state index is -0.333. The van der Waals surface area contributed by atoms with E-state index in [4.69, 9.17) is 15.2 Å². The largest absolute Gasteiger partial charge is 0.378 e. The summed E-state index contributed by atoms with van der Waals surface area (Å²) in [5.41, 5.74) is 5.60. The third-order valence-electron chi connectivity index (χ3n) is 5.05. The van der Waals surface area contributed by atoms with E-state index in [0.29, 0.717) is 52.5 Å². The number of hydrogen-bond donors (Lipinski definition) is 1. The van der Waals surface area contributed by atoms with Crippen LogP contribution in [0.25, 0.3) is 0 Å². The fourth-order valence-corrected chi connectivity index (χ4v) is 3.49. The molecule has 152 valence electrons. The monoisotopic (exact) mass is 412 g/mol. The van der Waals surface area contributed by atoms with Crippen molar-refractivity contribution in [1.29, 1.82) is 0 Å². The van der Waals surface area contributed by atoms with Crippen molar-refractivity contribution >= 4 is 36.6 Å². The van der Waals surface area contributed by atoms with E-state index in [-0.39, 0.29) is 48.8 Å². The third kappa shape index (κ3) is 5.94. The second-order valence-electron chi connectivity index (χ2n) is 6.65. The van der Waals surface area contributed by atoms with Crippen LogP contribution in [0.4, 0.5) is 0 Å². The summed E-state index contributed by atoms with van der Waals surface area (Å²) < 4.78 is 11.0. The molecular formula is C16H30Cl2N4O4. The maximum atomic E-state index is 12.5. The van der Waals surface area contributed by atoms with Crippen molar-refractivity contribution < 1.29 is 19.1 Å². The molecule has 0 spiro atoms. The fourth-order valence-electron chi connectivity index (χ4n) is 3.49. The summed E-state index contributed by atoms with van der Waals surface area (Å²) in [6.07, 6.45) is 1.31. The van der Waals surface area contributed by atoms with Crippen LogP contribution >= 0.6 is 24.8 Å². The summed E-state index contributed by atoms with van der Waals surface area (Å²) in [6.45, 7) is 6.28. The number of carbonyl (C=O) groups is 2. The number of amides is 2. The smallest absolute Gasteiger partial charge is 0.251 e. The molecule has 2 N–H and O–H groups in total. The van der Waals surface area contributed by atoms with Crippen LogP contribution in [-0.2, 0) is 19.1 Å². The molecule has 0 saturated carbocycles. The Labute approximate surface area is 167 Å². The van der Waals surface area contributed by atoms with Crippen LogP contribution in [-0.4, -0.2) is 104 Å². The third-order valence-corrected chi connectivity index (χ3v) is 5.05. The molecule has 26 heavy (non-hydrogen) atoms. The van der Waals surface area contributed by atoms with Crippen molar-refractivity contribution in [3.8, 4) is 0 Å². The highest BCUT2D eigenvalue weighted by Gasteiger charge is 2.34. The molecule has 3 saturated heterocycles. The topological polar surface area (TPSA) is 88.3 Å². The van der Waals surface area contributed by atoms with Crippen molar-refractivity contribution in [3.05, 3.63) is 0 Å².